The van der Waals surface area contributed by atoms with Crippen molar-refractivity contribution in [1.29, 1.82) is 0 Å². The lowest BCUT2D eigenvalue weighted by atomic mass is 9.91. The standard InChI is InChI=1S/C11H15F3N4/c1-10(3-6-15-7-4-10)18-9-16-5-2-8(17-9)11(12,13)14/h2,5,15H,3-4,6-7H2,1H3,(H,16,17,18). The molecule has 2 N–H and O–H groups in total. The molecule has 4 nitrogen and oxygen atoms in total. The van der Waals surface area contributed by atoms with E-state index in [2.05, 4.69) is 20.6 Å². The number of nitrogens with zero attached hydrogens (tertiary/aromatic N) is 2. The highest BCUT2D eigenvalue weighted by molar-refractivity contribution is 5.30. The van der Waals surface area contributed by atoms with Crippen molar-refractivity contribution in [2.24, 2.45) is 0 Å². The van der Waals surface area contributed by atoms with Gasteiger partial charge in [-0.2, -0.15) is 13.2 Å². The van der Waals surface area contributed by atoms with Crippen LogP contribution < -0.4 is 10.6 Å². The summed E-state index contributed by atoms with van der Waals surface area (Å²) in [6, 6.07) is 0.871. The van der Waals surface area contributed by atoms with Gasteiger partial charge in [0, 0.05) is 11.7 Å². The zero-order valence-corrected chi connectivity index (χ0v) is 10.0. The van der Waals surface area contributed by atoms with E-state index >= 15 is 0 Å². The van der Waals surface area contributed by atoms with E-state index in [9.17, 15) is 13.2 Å². The van der Waals surface area contributed by atoms with Crippen LogP contribution in [0.5, 0.6) is 0 Å². The molecular formula is C11H15F3N4. The Hall–Kier alpha value is -1.37. The molecule has 0 aromatic carbocycles. The Labute approximate surface area is 103 Å². The Morgan fingerprint density at radius 2 is 2.00 bits per heavy atom. The fourth-order valence-electron chi connectivity index (χ4n) is 1.95. The Bertz CT molecular complexity index is 413. The first kappa shape index (κ1) is 13.1. The summed E-state index contributed by atoms with van der Waals surface area (Å²) < 4.78 is 37.5. The summed E-state index contributed by atoms with van der Waals surface area (Å²) in [5.41, 5.74) is -1.17. The van der Waals surface area contributed by atoms with E-state index in [0.717, 1.165) is 38.2 Å². The number of hydrogen-bond acceptors (Lipinski definition) is 4. The van der Waals surface area contributed by atoms with Crippen molar-refractivity contribution in [3.05, 3.63) is 18.0 Å². The van der Waals surface area contributed by atoms with Gasteiger partial charge in [-0.1, -0.05) is 0 Å². The molecule has 18 heavy (non-hydrogen) atoms. The molecule has 2 heterocycles. The normalized spacial score (nSPS) is 19.6. The van der Waals surface area contributed by atoms with Crippen LogP contribution >= 0.6 is 0 Å². The van der Waals surface area contributed by atoms with Gasteiger partial charge in [0.25, 0.3) is 0 Å². The van der Waals surface area contributed by atoms with Crippen molar-refractivity contribution in [2.75, 3.05) is 18.4 Å². The minimum absolute atomic E-state index is 0.0363. The van der Waals surface area contributed by atoms with E-state index in [1.807, 2.05) is 6.92 Å². The Kier molecular flexibility index (Phi) is 3.43. The molecule has 0 saturated carbocycles. The molecule has 1 aromatic heterocycles. The highest BCUT2D eigenvalue weighted by atomic mass is 19.4. The Morgan fingerprint density at radius 1 is 1.33 bits per heavy atom. The van der Waals surface area contributed by atoms with Crippen LogP contribution in [0.1, 0.15) is 25.5 Å². The van der Waals surface area contributed by atoms with Gasteiger partial charge in [-0.15, -0.1) is 0 Å². The van der Waals surface area contributed by atoms with Gasteiger partial charge in [0.1, 0.15) is 5.69 Å². The van der Waals surface area contributed by atoms with E-state index in [1.54, 1.807) is 0 Å². The van der Waals surface area contributed by atoms with Crippen LogP contribution in [0, 0.1) is 0 Å². The maximum absolute atomic E-state index is 12.5. The van der Waals surface area contributed by atoms with Crippen molar-refractivity contribution in [2.45, 2.75) is 31.5 Å². The molecule has 1 saturated heterocycles. The lowest BCUT2D eigenvalue weighted by molar-refractivity contribution is -0.141. The molecule has 100 valence electrons. The number of rotatable bonds is 2. The zero-order valence-electron chi connectivity index (χ0n) is 10.0. The van der Waals surface area contributed by atoms with Crippen molar-refractivity contribution < 1.29 is 13.2 Å². The van der Waals surface area contributed by atoms with Gasteiger partial charge in [-0.3, -0.25) is 0 Å². The fourth-order valence-corrected chi connectivity index (χ4v) is 1.95. The predicted octanol–water partition coefficient (Wildman–Crippen LogP) is 2.05. The lowest BCUT2D eigenvalue weighted by Gasteiger charge is -2.35. The van der Waals surface area contributed by atoms with Crippen LogP contribution in [0.4, 0.5) is 19.1 Å². The number of nitrogens with one attached hydrogen (secondary N) is 2. The Balaban J connectivity index is 2.14. The second-order valence-electron chi connectivity index (χ2n) is 4.70. The van der Waals surface area contributed by atoms with Crippen LogP contribution in [0.3, 0.4) is 0 Å². The molecule has 2 rings (SSSR count). The molecule has 0 spiro atoms. The summed E-state index contributed by atoms with van der Waals surface area (Å²) in [7, 11) is 0. The second kappa shape index (κ2) is 4.72. The summed E-state index contributed by atoms with van der Waals surface area (Å²) in [4.78, 5) is 7.37. The minimum Gasteiger partial charge on any atom is -0.349 e. The summed E-state index contributed by atoms with van der Waals surface area (Å²) >= 11 is 0. The van der Waals surface area contributed by atoms with E-state index < -0.39 is 11.9 Å². The number of hydrogen-bond donors (Lipinski definition) is 2. The van der Waals surface area contributed by atoms with Crippen molar-refractivity contribution in [3.8, 4) is 0 Å². The van der Waals surface area contributed by atoms with Crippen LogP contribution in [-0.4, -0.2) is 28.6 Å². The maximum Gasteiger partial charge on any atom is 0.433 e. The first-order chi connectivity index (χ1) is 8.39. The van der Waals surface area contributed by atoms with Gasteiger partial charge in [0.05, 0.1) is 0 Å². The summed E-state index contributed by atoms with van der Waals surface area (Å²) in [5.74, 6) is 0.0363. The van der Waals surface area contributed by atoms with Crippen LogP contribution in [0.25, 0.3) is 0 Å². The quantitative estimate of drug-likeness (QED) is 0.854. The number of aromatic nitrogens is 2. The van der Waals surface area contributed by atoms with Gasteiger partial charge < -0.3 is 10.6 Å². The number of alkyl halides is 3. The van der Waals surface area contributed by atoms with Crippen molar-refractivity contribution in [3.63, 3.8) is 0 Å². The largest absolute Gasteiger partial charge is 0.433 e. The molecule has 0 unspecified atom stereocenters. The van der Waals surface area contributed by atoms with E-state index in [-0.39, 0.29) is 11.5 Å². The number of halogens is 3. The zero-order chi connectivity index (χ0) is 13.2. The third-order valence-electron chi connectivity index (χ3n) is 3.07. The molecule has 0 aliphatic carbocycles. The minimum atomic E-state index is -4.44. The van der Waals surface area contributed by atoms with E-state index in [0.29, 0.717) is 0 Å². The third kappa shape index (κ3) is 3.10. The van der Waals surface area contributed by atoms with Crippen LogP contribution in [0.15, 0.2) is 12.3 Å². The summed E-state index contributed by atoms with van der Waals surface area (Å²) in [6.45, 7) is 3.64. The van der Waals surface area contributed by atoms with Gasteiger partial charge in [-0.05, 0) is 38.9 Å². The molecule has 0 amide bonds. The maximum atomic E-state index is 12.5. The molecule has 1 fully saturated rings. The van der Waals surface area contributed by atoms with Crippen molar-refractivity contribution >= 4 is 5.95 Å². The van der Waals surface area contributed by atoms with Gasteiger partial charge >= 0.3 is 6.18 Å². The van der Waals surface area contributed by atoms with Crippen LogP contribution in [-0.2, 0) is 6.18 Å². The molecule has 0 radical (unpaired) electrons. The SMILES string of the molecule is CC1(Nc2nccc(C(F)(F)F)n2)CCNCC1. The van der Waals surface area contributed by atoms with Gasteiger partial charge in [-0.25, -0.2) is 9.97 Å². The molecule has 0 atom stereocenters. The number of anilines is 1. The average molecular weight is 260 g/mol. The summed E-state index contributed by atoms with van der Waals surface area (Å²) in [5, 5.41) is 6.21. The molecule has 1 aliphatic heterocycles. The molecule has 1 aromatic rings. The predicted molar refractivity (Wildman–Crippen MR) is 61.2 cm³/mol. The first-order valence-corrected chi connectivity index (χ1v) is 5.78. The fraction of sp³-hybridized carbons (Fsp3) is 0.636. The van der Waals surface area contributed by atoms with E-state index in [4.69, 9.17) is 0 Å². The van der Waals surface area contributed by atoms with E-state index in [1.165, 1.54) is 0 Å². The molecule has 1 aliphatic rings. The molecule has 0 bridgehead atoms. The molecule has 7 heteroatoms. The lowest BCUT2D eigenvalue weighted by Crippen LogP contribution is -2.45. The highest BCUT2D eigenvalue weighted by Gasteiger charge is 2.34. The van der Waals surface area contributed by atoms with Gasteiger partial charge in [0.15, 0.2) is 0 Å². The topological polar surface area (TPSA) is 49.8 Å². The second-order valence-corrected chi connectivity index (χ2v) is 4.70. The monoisotopic (exact) mass is 260 g/mol. The van der Waals surface area contributed by atoms with Crippen molar-refractivity contribution in [1.82, 2.24) is 15.3 Å². The smallest absolute Gasteiger partial charge is 0.349 e. The van der Waals surface area contributed by atoms with Gasteiger partial charge in [0.2, 0.25) is 5.95 Å². The average Bonchev–Trinajstić information content (AvgIpc) is 2.28. The number of piperidine rings is 1. The Morgan fingerprint density at radius 3 is 2.61 bits per heavy atom. The molecular weight excluding hydrogens is 245 g/mol. The highest BCUT2D eigenvalue weighted by Crippen LogP contribution is 2.28. The first-order valence-electron chi connectivity index (χ1n) is 5.78. The summed E-state index contributed by atoms with van der Waals surface area (Å²) in [6.07, 6.45) is -1.66. The third-order valence-corrected chi connectivity index (χ3v) is 3.07. The van der Waals surface area contributed by atoms with Crippen LogP contribution in [0.2, 0.25) is 0 Å².